The van der Waals surface area contributed by atoms with Gasteiger partial charge >= 0.3 is 0 Å². The van der Waals surface area contributed by atoms with Crippen molar-refractivity contribution >= 4 is 28.7 Å². The fraction of sp³-hybridized carbons (Fsp3) is 0.391. The van der Waals surface area contributed by atoms with Gasteiger partial charge in [-0.3, -0.25) is 14.5 Å². The zero-order valence-electron chi connectivity index (χ0n) is 17.1. The Balaban J connectivity index is 1.68. The van der Waals surface area contributed by atoms with Gasteiger partial charge in [-0.25, -0.2) is 0 Å². The van der Waals surface area contributed by atoms with Crippen molar-refractivity contribution in [2.75, 3.05) is 20.2 Å². The Bertz CT molecular complexity index is 924. The second-order valence-corrected chi connectivity index (χ2v) is 9.04. The van der Waals surface area contributed by atoms with Crippen molar-refractivity contribution in [3.05, 3.63) is 57.9 Å². The molecule has 2 amide bonds. The van der Waals surface area contributed by atoms with Gasteiger partial charge in [0.25, 0.3) is 11.8 Å². The smallest absolute Gasteiger partial charge is 0.278 e. The van der Waals surface area contributed by atoms with Crippen LogP contribution in [0.5, 0.6) is 5.75 Å². The van der Waals surface area contributed by atoms with Gasteiger partial charge in [-0.2, -0.15) is 0 Å². The largest absolute Gasteiger partial charge is 0.497 e. The molecule has 0 bridgehead atoms. The Kier molecular flexibility index (Phi) is 5.46. The lowest BCUT2D eigenvalue weighted by Crippen LogP contribution is -2.41. The Morgan fingerprint density at radius 2 is 1.72 bits per heavy atom. The van der Waals surface area contributed by atoms with Crippen LogP contribution < -0.4 is 4.74 Å². The molecule has 2 aromatic rings. The number of likely N-dealkylation sites (tertiary alicyclic amines) is 1. The number of nitrogens with zero attached hydrogens (tertiary/aromatic N) is 2. The van der Waals surface area contributed by atoms with E-state index in [1.165, 1.54) is 16.2 Å². The number of thiophene rings is 1. The number of ether oxygens (including phenoxy) is 1. The minimum Gasteiger partial charge on any atom is -0.497 e. The number of benzene rings is 1. The van der Waals surface area contributed by atoms with Crippen LogP contribution in [0.25, 0.3) is 5.57 Å². The first-order valence-corrected chi connectivity index (χ1v) is 10.9. The number of rotatable bonds is 5. The molecule has 1 fully saturated rings. The molecule has 6 heteroatoms. The van der Waals surface area contributed by atoms with Crippen molar-refractivity contribution < 1.29 is 14.3 Å². The van der Waals surface area contributed by atoms with Gasteiger partial charge in [0.05, 0.1) is 19.2 Å². The number of carbonyl (C=O) groups is 2. The second-order valence-electron chi connectivity index (χ2n) is 8.10. The Hall–Kier alpha value is -2.60. The van der Waals surface area contributed by atoms with Crippen LogP contribution in [0.4, 0.5) is 0 Å². The summed E-state index contributed by atoms with van der Waals surface area (Å²) in [4.78, 5) is 31.2. The highest BCUT2D eigenvalue weighted by Gasteiger charge is 2.43. The maximum atomic E-state index is 13.4. The first kappa shape index (κ1) is 19.7. The van der Waals surface area contributed by atoms with Crippen LogP contribution in [-0.2, 0) is 16.1 Å². The van der Waals surface area contributed by atoms with Crippen molar-refractivity contribution in [1.82, 2.24) is 9.80 Å². The third kappa shape index (κ3) is 3.81. The van der Waals surface area contributed by atoms with Crippen LogP contribution in [0.2, 0.25) is 0 Å². The van der Waals surface area contributed by atoms with Gasteiger partial charge < -0.3 is 9.64 Å². The maximum absolute atomic E-state index is 13.4. The standard InChI is InChI=1S/C23H26N2O3S/c1-15-11-16(2)13-24(12-15)21-20(19-5-4-10-29-19)22(26)25(23(21)27)14-17-6-8-18(28-3)9-7-17/h4-10,15-16H,11-14H2,1-3H3. The van der Waals surface area contributed by atoms with Crippen LogP contribution in [0.3, 0.4) is 0 Å². The molecule has 152 valence electrons. The molecule has 2 unspecified atom stereocenters. The molecule has 0 N–H and O–H groups in total. The van der Waals surface area contributed by atoms with E-state index in [4.69, 9.17) is 4.74 Å². The molecule has 2 aliphatic rings. The van der Waals surface area contributed by atoms with E-state index in [1.54, 1.807) is 7.11 Å². The second kappa shape index (κ2) is 8.03. The SMILES string of the molecule is COc1ccc(CN2C(=O)C(c3cccs3)=C(N3CC(C)CC(C)C3)C2=O)cc1. The summed E-state index contributed by atoms with van der Waals surface area (Å²) in [5, 5.41) is 1.95. The number of hydrogen-bond donors (Lipinski definition) is 0. The fourth-order valence-electron chi connectivity index (χ4n) is 4.40. The van der Waals surface area contributed by atoms with Crippen LogP contribution in [0.1, 0.15) is 30.7 Å². The molecule has 0 aliphatic carbocycles. The van der Waals surface area contributed by atoms with E-state index in [9.17, 15) is 9.59 Å². The van der Waals surface area contributed by atoms with Crippen molar-refractivity contribution in [2.24, 2.45) is 11.8 Å². The summed E-state index contributed by atoms with van der Waals surface area (Å²) in [6, 6.07) is 11.3. The summed E-state index contributed by atoms with van der Waals surface area (Å²) in [6.45, 7) is 6.31. The normalized spacial score (nSPS) is 22.6. The van der Waals surface area contributed by atoms with Crippen LogP contribution >= 0.6 is 11.3 Å². The summed E-state index contributed by atoms with van der Waals surface area (Å²) in [6.07, 6.45) is 1.15. The molecule has 0 saturated carbocycles. The van der Waals surface area contributed by atoms with Crippen molar-refractivity contribution in [2.45, 2.75) is 26.8 Å². The predicted octanol–water partition coefficient (Wildman–Crippen LogP) is 4.01. The van der Waals surface area contributed by atoms with E-state index in [0.29, 0.717) is 23.1 Å². The first-order valence-electron chi connectivity index (χ1n) is 10.00. The molecule has 3 heterocycles. The Morgan fingerprint density at radius 1 is 1.03 bits per heavy atom. The average Bonchev–Trinajstić information content (AvgIpc) is 3.30. The number of carbonyl (C=O) groups excluding carboxylic acids is 2. The molecular weight excluding hydrogens is 384 g/mol. The number of piperidine rings is 1. The van der Waals surface area contributed by atoms with Gasteiger partial charge in [0.2, 0.25) is 0 Å². The minimum absolute atomic E-state index is 0.185. The molecule has 0 radical (unpaired) electrons. The quantitative estimate of drug-likeness (QED) is 0.699. The number of amides is 2. The Labute approximate surface area is 175 Å². The highest BCUT2D eigenvalue weighted by atomic mass is 32.1. The monoisotopic (exact) mass is 410 g/mol. The van der Waals surface area contributed by atoms with Crippen LogP contribution in [0.15, 0.2) is 47.5 Å². The molecule has 1 saturated heterocycles. The van der Waals surface area contributed by atoms with Gasteiger partial charge in [0.15, 0.2) is 0 Å². The van der Waals surface area contributed by atoms with Crippen molar-refractivity contribution in [1.29, 1.82) is 0 Å². The minimum atomic E-state index is -0.200. The predicted molar refractivity (Wildman–Crippen MR) is 114 cm³/mol. The lowest BCUT2D eigenvalue weighted by molar-refractivity contribution is -0.138. The van der Waals surface area contributed by atoms with E-state index in [2.05, 4.69) is 18.7 Å². The molecular formula is C23H26N2O3S. The van der Waals surface area contributed by atoms with Gasteiger partial charge in [-0.15, -0.1) is 11.3 Å². The molecule has 29 heavy (non-hydrogen) atoms. The highest BCUT2D eigenvalue weighted by Crippen LogP contribution is 2.37. The topological polar surface area (TPSA) is 49.9 Å². The summed E-state index contributed by atoms with van der Waals surface area (Å²) < 4.78 is 5.20. The van der Waals surface area contributed by atoms with Crippen LogP contribution in [0, 0.1) is 11.8 Å². The van der Waals surface area contributed by atoms with Crippen LogP contribution in [-0.4, -0.2) is 41.8 Å². The lowest BCUT2D eigenvalue weighted by atomic mass is 9.91. The molecule has 4 rings (SSSR count). The van der Waals surface area contributed by atoms with Crippen molar-refractivity contribution in [3.63, 3.8) is 0 Å². The van der Waals surface area contributed by atoms with Gasteiger partial charge in [-0.1, -0.05) is 32.0 Å². The van der Waals surface area contributed by atoms with E-state index in [0.717, 1.165) is 35.7 Å². The molecule has 2 atom stereocenters. The van der Waals surface area contributed by atoms with E-state index >= 15 is 0 Å². The fourth-order valence-corrected chi connectivity index (χ4v) is 5.16. The van der Waals surface area contributed by atoms with Gasteiger partial charge in [0, 0.05) is 18.0 Å². The van der Waals surface area contributed by atoms with Crippen molar-refractivity contribution in [3.8, 4) is 5.75 Å². The third-order valence-corrected chi connectivity index (χ3v) is 6.48. The zero-order valence-corrected chi connectivity index (χ0v) is 17.9. The summed E-state index contributed by atoms with van der Waals surface area (Å²) in [5.74, 6) is 1.36. The molecule has 1 aromatic heterocycles. The zero-order chi connectivity index (χ0) is 20.5. The number of methoxy groups -OCH3 is 1. The average molecular weight is 411 g/mol. The molecule has 2 aliphatic heterocycles. The summed E-state index contributed by atoms with van der Waals surface area (Å²) in [7, 11) is 1.62. The first-order chi connectivity index (χ1) is 14.0. The molecule has 1 aromatic carbocycles. The van der Waals surface area contributed by atoms with Gasteiger partial charge in [0.1, 0.15) is 11.4 Å². The number of hydrogen-bond acceptors (Lipinski definition) is 5. The molecule has 0 spiro atoms. The highest BCUT2D eigenvalue weighted by molar-refractivity contribution is 7.11. The lowest BCUT2D eigenvalue weighted by Gasteiger charge is -2.37. The van der Waals surface area contributed by atoms with Gasteiger partial charge in [-0.05, 0) is 47.4 Å². The molecule has 5 nitrogen and oxygen atoms in total. The van der Waals surface area contributed by atoms with E-state index in [-0.39, 0.29) is 18.4 Å². The van der Waals surface area contributed by atoms with E-state index < -0.39 is 0 Å². The Morgan fingerprint density at radius 3 is 2.31 bits per heavy atom. The number of imide groups is 1. The maximum Gasteiger partial charge on any atom is 0.278 e. The third-order valence-electron chi connectivity index (χ3n) is 5.60. The van der Waals surface area contributed by atoms with E-state index in [1.807, 2.05) is 41.8 Å². The summed E-state index contributed by atoms with van der Waals surface area (Å²) >= 11 is 1.51. The summed E-state index contributed by atoms with van der Waals surface area (Å²) in [5.41, 5.74) is 2.03.